The van der Waals surface area contributed by atoms with Crippen molar-refractivity contribution in [1.82, 2.24) is 4.98 Å². The van der Waals surface area contributed by atoms with Gasteiger partial charge in [-0.1, -0.05) is 6.07 Å². The van der Waals surface area contributed by atoms with Gasteiger partial charge in [0.05, 0.1) is 12.7 Å². The monoisotopic (exact) mass is 180 g/mol. The molecule has 4 heteroatoms. The maximum absolute atomic E-state index is 9.07. The Morgan fingerprint density at radius 2 is 2.23 bits per heavy atom. The van der Waals surface area contributed by atoms with Crippen molar-refractivity contribution in [3.05, 3.63) is 23.9 Å². The summed E-state index contributed by atoms with van der Waals surface area (Å²) in [6.45, 7) is 1.34. The van der Waals surface area contributed by atoms with Crippen LogP contribution in [-0.2, 0) is 6.61 Å². The smallest absolute Gasteiger partial charge is 0.128 e. The van der Waals surface area contributed by atoms with E-state index in [1.54, 1.807) is 6.20 Å². The number of hydrogen-bond donors (Lipinski definition) is 2. The van der Waals surface area contributed by atoms with E-state index in [1.807, 2.05) is 17.0 Å². The molecule has 1 aromatic heterocycles. The molecule has 0 bridgehead atoms. The minimum atomic E-state index is -0.209. The fourth-order valence-electron chi connectivity index (χ4n) is 1.34. The molecule has 2 N–H and O–H groups in total. The van der Waals surface area contributed by atoms with E-state index in [9.17, 15) is 0 Å². The van der Waals surface area contributed by atoms with Crippen LogP contribution in [0.3, 0.4) is 0 Å². The van der Waals surface area contributed by atoms with Crippen molar-refractivity contribution in [1.29, 1.82) is 0 Å². The summed E-state index contributed by atoms with van der Waals surface area (Å²) in [5.41, 5.74) is 0.810. The standard InChI is InChI=1S/C9H12N2O2/c12-6-7-1-2-9(10-3-7)11-4-8(13)5-11/h1-3,8,12-13H,4-6H2. The van der Waals surface area contributed by atoms with Crippen molar-refractivity contribution in [3.63, 3.8) is 0 Å². The maximum Gasteiger partial charge on any atom is 0.128 e. The number of rotatable bonds is 2. The van der Waals surface area contributed by atoms with Gasteiger partial charge in [0.15, 0.2) is 0 Å². The molecule has 0 atom stereocenters. The Morgan fingerprint density at radius 3 is 2.69 bits per heavy atom. The average Bonchev–Trinajstić information content (AvgIpc) is 2.13. The molecule has 0 radical (unpaired) electrons. The normalized spacial score (nSPS) is 17.2. The van der Waals surface area contributed by atoms with E-state index in [2.05, 4.69) is 4.98 Å². The van der Waals surface area contributed by atoms with E-state index in [-0.39, 0.29) is 12.7 Å². The van der Waals surface area contributed by atoms with Crippen LogP contribution in [0, 0.1) is 0 Å². The summed E-state index contributed by atoms with van der Waals surface area (Å²) in [7, 11) is 0. The summed E-state index contributed by atoms with van der Waals surface area (Å²) < 4.78 is 0. The van der Waals surface area contributed by atoms with Crippen LogP contribution in [0.4, 0.5) is 5.82 Å². The van der Waals surface area contributed by atoms with E-state index >= 15 is 0 Å². The predicted molar refractivity (Wildman–Crippen MR) is 48.4 cm³/mol. The Morgan fingerprint density at radius 1 is 1.46 bits per heavy atom. The Kier molecular flexibility index (Phi) is 2.16. The Hall–Kier alpha value is -1.13. The summed E-state index contributed by atoms with van der Waals surface area (Å²) in [5.74, 6) is 0.863. The third kappa shape index (κ3) is 1.64. The van der Waals surface area contributed by atoms with Crippen molar-refractivity contribution >= 4 is 5.82 Å². The van der Waals surface area contributed by atoms with Crippen LogP contribution in [0.25, 0.3) is 0 Å². The molecule has 0 unspecified atom stereocenters. The van der Waals surface area contributed by atoms with Gasteiger partial charge in [-0.3, -0.25) is 0 Å². The minimum absolute atomic E-state index is 0.0237. The van der Waals surface area contributed by atoms with Crippen LogP contribution in [0.1, 0.15) is 5.56 Å². The fraction of sp³-hybridized carbons (Fsp3) is 0.444. The Balaban J connectivity index is 2.06. The molecule has 1 aliphatic rings. The molecule has 2 heterocycles. The lowest BCUT2D eigenvalue weighted by Gasteiger charge is -2.36. The highest BCUT2D eigenvalue weighted by Crippen LogP contribution is 2.17. The summed E-state index contributed by atoms with van der Waals surface area (Å²) in [6, 6.07) is 3.70. The molecule has 1 fully saturated rings. The van der Waals surface area contributed by atoms with Crippen molar-refractivity contribution in [2.75, 3.05) is 18.0 Å². The third-order valence-electron chi connectivity index (χ3n) is 2.18. The lowest BCUT2D eigenvalue weighted by atomic mass is 10.1. The zero-order valence-electron chi connectivity index (χ0n) is 7.22. The highest BCUT2D eigenvalue weighted by Gasteiger charge is 2.24. The number of aliphatic hydroxyl groups is 2. The SMILES string of the molecule is OCc1ccc(N2CC(O)C2)nc1. The summed E-state index contributed by atoms with van der Waals surface area (Å²) >= 11 is 0. The molecule has 70 valence electrons. The lowest BCUT2D eigenvalue weighted by Crippen LogP contribution is -2.51. The van der Waals surface area contributed by atoms with Crippen molar-refractivity contribution in [3.8, 4) is 0 Å². The maximum atomic E-state index is 9.07. The van der Waals surface area contributed by atoms with Gasteiger partial charge in [-0.2, -0.15) is 0 Å². The van der Waals surface area contributed by atoms with Gasteiger partial charge >= 0.3 is 0 Å². The van der Waals surface area contributed by atoms with Gasteiger partial charge in [-0.05, 0) is 11.6 Å². The molecule has 4 nitrogen and oxygen atoms in total. The van der Waals surface area contributed by atoms with E-state index in [0.29, 0.717) is 13.1 Å². The Labute approximate surface area is 76.5 Å². The number of nitrogens with zero attached hydrogens (tertiary/aromatic N) is 2. The van der Waals surface area contributed by atoms with Crippen LogP contribution in [0.15, 0.2) is 18.3 Å². The first-order valence-corrected chi connectivity index (χ1v) is 4.28. The predicted octanol–water partition coefficient (Wildman–Crippen LogP) is -0.245. The van der Waals surface area contributed by atoms with Crippen LogP contribution in [0.5, 0.6) is 0 Å². The fourth-order valence-corrected chi connectivity index (χ4v) is 1.34. The largest absolute Gasteiger partial charge is 0.392 e. The van der Waals surface area contributed by atoms with Gasteiger partial charge in [-0.25, -0.2) is 4.98 Å². The van der Waals surface area contributed by atoms with Crippen molar-refractivity contribution in [2.24, 2.45) is 0 Å². The van der Waals surface area contributed by atoms with Crippen LogP contribution in [0.2, 0.25) is 0 Å². The lowest BCUT2D eigenvalue weighted by molar-refractivity contribution is 0.141. The first-order chi connectivity index (χ1) is 6.29. The third-order valence-corrected chi connectivity index (χ3v) is 2.18. The summed E-state index contributed by atoms with van der Waals surface area (Å²) in [4.78, 5) is 6.15. The zero-order valence-corrected chi connectivity index (χ0v) is 7.22. The van der Waals surface area contributed by atoms with E-state index < -0.39 is 0 Å². The van der Waals surface area contributed by atoms with Crippen LogP contribution < -0.4 is 4.90 Å². The van der Waals surface area contributed by atoms with Gasteiger partial charge < -0.3 is 15.1 Å². The number of aromatic nitrogens is 1. The van der Waals surface area contributed by atoms with Gasteiger partial charge in [0.1, 0.15) is 5.82 Å². The quantitative estimate of drug-likeness (QED) is 0.659. The number of anilines is 1. The van der Waals surface area contributed by atoms with E-state index in [1.165, 1.54) is 0 Å². The molecule has 1 saturated heterocycles. The van der Waals surface area contributed by atoms with E-state index in [4.69, 9.17) is 10.2 Å². The minimum Gasteiger partial charge on any atom is -0.392 e. The molecule has 0 aliphatic carbocycles. The summed E-state index contributed by atoms with van der Waals surface area (Å²) in [6.07, 6.45) is 1.44. The van der Waals surface area contributed by atoms with Crippen molar-refractivity contribution in [2.45, 2.75) is 12.7 Å². The second-order valence-electron chi connectivity index (χ2n) is 3.24. The van der Waals surface area contributed by atoms with E-state index in [0.717, 1.165) is 11.4 Å². The molecule has 0 spiro atoms. The number of pyridine rings is 1. The molecule has 0 aromatic carbocycles. The molecule has 0 saturated carbocycles. The molecule has 1 aromatic rings. The second kappa shape index (κ2) is 3.32. The second-order valence-corrected chi connectivity index (χ2v) is 3.24. The van der Waals surface area contributed by atoms with Crippen LogP contribution in [-0.4, -0.2) is 34.4 Å². The van der Waals surface area contributed by atoms with Gasteiger partial charge in [0.25, 0.3) is 0 Å². The number of β-amino-alcohol motifs (C(OH)–C–C–N with tert-alkyl or cyclic N) is 1. The van der Waals surface area contributed by atoms with Gasteiger partial charge in [0.2, 0.25) is 0 Å². The zero-order chi connectivity index (χ0) is 9.26. The first kappa shape index (κ1) is 8.47. The topological polar surface area (TPSA) is 56.6 Å². The first-order valence-electron chi connectivity index (χ1n) is 4.28. The molecule has 2 rings (SSSR count). The highest BCUT2D eigenvalue weighted by atomic mass is 16.3. The molecular formula is C9H12N2O2. The summed E-state index contributed by atoms with van der Waals surface area (Å²) in [5, 5.41) is 17.9. The molecule has 0 amide bonds. The molecule has 13 heavy (non-hydrogen) atoms. The molecule has 1 aliphatic heterocycles. The molecular weight excluding hydrogens is 168 g/mol. The highest BCUT2D eigenvalue weighted by molar-refractivity contribution is 5.42. The van der Waals surface area contributed by atoms with Gasteiger partial charge in [0, 0.05) is 19.3 Å². The van der Waals surface area contributed by atoms with Crippen molar-refractivity contribution < 1.29 is 10.2 Å². The number of hydrogen-bond acceptors (Lipinski definition) is 4. The Bertz CT molecular complexity index is 280. The number of aliphatic hydroxyl groups excluding tert-OH is 2. The average molecular weight is 180 g/mol. The van der Waals surface area contributed by atoms with Crippen LogP contribution >= 0.6 is 0 Å². The van der Waals surface area contributed by atoms with Gasteiger partial charge in [-0.15, -0.1) is 0 Å².